The Morgan fingerprint density at radius 1 is 0.939 bits per heavy atom. The summed E-state index contributed by atoms with van der Waals surface area (Å²) in [5, 5.41) is 9.92. The van der Waals surface area contributed by atoms with Gasteiger partial charge in [-0.2, -0.15) is 5.10 Å². The molecule has 6 rings (SSSR count). The lowest BCUT2D eigenvalue weighted by molar-refractivity contribution is 0.0342. The molecule has 4 aromatic rings. The first-order chi connectivity index (χ1) is 16.2. The maximum atomic E-state index is 12.9. The number of nitrogens with one attached hydrogen (secondary N) is 2. The van der Waals surface area contributed by atoms with Crippen molar-refractivity contribution in [2.75, 3.05) is 39.4 Å². The number of nitrogens with zero attached hydrogens (tertiary/aromatic N) is 3. The van der Waals surface area contributed by atoms with E-state index in [1.165, 1.54) is 17.4 Å². The van der Waals surface area contributed by atoms with Crippen molar-refractivity contribution < 1.29 is 9.53 Å². The molecule has 0 spiro atoms. The lowest BCUT2D eigenvalue weighted by atomic mass is 10.1. The lowest BCUT2D eigenvalue weighted by Crippen LogP contribution is -2.35. The minimum Gasteiger partial charge on any atom is -0.379 e. The van der Waals surface area contributed by atoms with E-state index in [-0.39, 0.29) is 5.91 Å². The molecule has 0 unspecified atom stereocenters. The molecule has 2 saturated heterocycles. The maximum absolute atomic E-state index is 12.9. The van der Waals surface area contributed by atoms with E-state index in [9.17, 15) is 4.79 Å². The van der Waals surface area contributed by atoms with Crippen molar-refractivity contribution in [2.24, 2.45) is 0 Å². The minimum absolute atomic E-state index is 0.117. The number of ether oxygens (including phenoxy) is 1. The number of aromatic nitrogens is 3. The van der Waals surface area contributed by atoms with Gasteiger partial charge in [-0.25, -0.2) is 0 Å². The maximum Gasteiger partial charge on any atom is 0.253 e. The van der Waals surface area contributed by atoms with E-state index in [1.807, 2.05) is 23.1 Å². The number of piperidine rings is 1. The van der Waals surface area contributed by atoms with Crippen LogP contribution in [0.15, 0.2) is 42.5 Å². The standard InChI is InChI=1S/C26H29N5O2/c32-26(31-8-2-1-3-9-31)19-5-6-21-23(15-19)28-29-25(21)24-16-20-14-18(4-7-22(20)27-24)17-30-10-12-33-13-11-30/h4-7,14-16,27H,1-3,8-13,17H2,(H,28,29). The molecule has 0 aliphatic carbocycles. The van der Waals surface area contributed by atoms with Gasteiger partial charge >= 0.3 is 0 Å². The predicted molar refractivity (Wildman–Crippen MR) is 129 cm³/mol. The first-order valence-corrected chi connectivity index (χ1v) is 11.9. The Labute approximate surface area is 192 Å². The van der Waals surface area contributed by atoms with Crippen molar-refractivity contribution in [1.29, 1.82) is 0 Å². The number of hydrogen-bond donors (Lipinski definition) is 2. The monoisotopic (exact) mass is 443 g/mol. The van der Waals surface area contributed by atoms with Gasteiger partial charge < -0.3 is 14.6 Å². The number of rotatable bonds is 4. The van der Waals surface area contributed by atoms with Gasteiger partial charge in [0.25, 0.3) is 5.91 Å². The van der Waals surface area contributed by atoms with E-state index >= 15 is 0 Å². The summed E-state index contributed by atoms with van der Waals surface area (Å²) in [4.78, 5) is 20.8. The molecular weight excluding hydrogens is 414 g/mol. The lowest BCUT2D eigenvalue weighted by Gasteiger charge is -2.26. The Morgan fingerprint density at radius 3 is 2.64 bits per heavy atom. The Balaban J connectivity index is 1.26. The van der Waals surface area contributed by atoms with Crippen LogP contribution in [-0.2, 0) is 11.3 Å². The van der Waals surface area contributed by atoms with Gasteiger partial charge in [-0.1, -0.05) is 6.07 Å². The highest BCUT2D eigenvalue weighted by Crippen LogP contribution is 2.30. The summed E-state index contributed by atoms with van der Waals surface area (Å²) in [5.41, 5.74) is 5.89. The second-order valence-electron chi connectivity index (χ2n) is 9.18. The molecule has 0 atom stereocenters. The van der Waals surface area contributed by atoms with Crippen LogP contribution in [0.3, 0.4) is 0 Å². The summed E-state index contributed by atoms with van der Waals surface area (Å²) in [7, 11) is 0. The number of carbonyl (C=O) groups is 1. The quantitative estimate of drug-likeness (QED) is 0.496. The normalized spacial score (nSPS) is 17.8. The highest BCUT2D eigenvalue weighted by molar-refractivity contribution is 6.01. The van der Waals surface area contributed by atoms with Crippen LogP contribution >= 0.6 is 0 Å². The molecule has 2 N–H and O–H groups in total. The summed E-state index contributed by atoms with van der Waals surface area (Å²) < 4.78 is 5.46. The number of hydrogen-bond acceptors (Lipinski definition) is 4. The van der Waals surface area contributed by atoms with Gasteiger partial charge in [-0.15, -0.1) is 0 Å². The van der Waals surface area contributed by atoms with Crippen molar-refractivity contribution in [2.45, 2.75) is 25.8 Å². The Bertz CT molecular complexity index is 1290. The zero-order valence-electron chi connectivity index (χ0n) is 18.8. The predicted octanol–water partition coefficient (Wildman–Crippen LogP) is 4.17. The molecule has 4 heterocycles. The molecular formula is C26H29N5O2. The van der Waals surface area contributed by atoms with Crippen molar-refractivity contribution in [3.8, 4) is 11.4 Å². The van der Waals surface area contributed by atoms with Gasteiger partial charge in [-0.05, 0) is 61.2 Å². The molecule has 0 radical (unpaired) electrons. The largest absolute Gasteiger partial charge is 0.379 e. The fraction of sp³-hybridized carbons (Fsp3) is 0.385. The topological polar surface area (TPSA) is 77.2 Å². The van der Waals surface area contributed by atoms with E-state index in [0.717, 1.165) is 92.2 Å². The summed E-state index contributed by atoms with van der Waals surface area (Å²) in [5.74, 6) is 0.117. The molecule has 1 amide bonds. The number of amides is 1. The summed E-state index contributed by atoms with van der Waals surface area (Å²) in [6, 6.07) is 14.7. The average Bonchev–Trinajstić information content (AvgIpc) is 3.48. The van der Waals surface area contributed by atoms with E-state index in [1.54, 1.807) is 0 Å². The van der Waals surface area contributed by atoms with Crippen molar-refractivity contribution in [1.82, 2.24) is 25.0 Å². The van der Waals surface area contributed by atoms with Crippen LogP contribution in [-0.4, -0.2) is 70.3 Å². The molecule has 170 valence electrons. The number of carbonyl (C=O) groups excluding carboxylic acids is 1. The molecule has 2 aromatic heterocycles. The van der Waals surface area contributed by atoms with E-state index in [2.05, 4.69) is 44.3 Å². The zero-order chi connectivity index (χ0) is 22.2. The smallest absolute Gasteiger partial charge is 0.253 e. The fourth-order valence-corrected chi connectivity index (χ4v) is 5.06. The third-order valence-corrected chi connectivity index (χ3v) is 6.90. The molecule has 2 fully saturated rings. The van der Waals surface area contributed by atoms with Crippen molar-refractivity contribution in [3.05, 3.63) is 53.6 Å². The van der Waals surface area contributed by atoms with E-state index in [4.69, 9.17) is 4.74 Å². The van der Waals surface area contributed by atoms with Crippen molar-refractivity contribution >= 4 is 27.7 Å². The second-order valence-corrected chi connectivity index (χ2v) is 9.18. The molecule has 2 aromatic carbocycles. The highest BCUT2D eigenvalue weighted by Gasteiger charge is 2.20. The Morgan fingerprint density at radius 2 is 1.79 bits per heavy atom. The Hall–Kier alpha value is -3.16. The van der Waals surface area contributed by atoms with Gasteiger partial charge in [0, 0.05) is 54.6 Å². The first-order valence-electron chi connectivity index (χ1n) is 11.9. The Kier molecular flexibility index (Phi) is 5.36. The first kappa shape index (κ1) is 20.4. The summed E-state index contributed by atoms with van der Waals surface area (Å²) >= 11 is 0. The SMILES string of the molecule is O=C(c1ccc2c(-c3cc4cc(CN5CCOCC5)ccc4[nH]3)n[nH]c2c1)N1CCCCC1. The number of fused-ring (bicyclic) bond motifs is 2. The average molecular weight is 444 g/mol. The van der Waals surface area contributed by atoms with Crippen LogP contribution in [0.2, 0.25) is 0 Å². The molecule has 7 nitrogen and oxygen atoms in total. The van der Waals surface area contributed by atoms with Crippen LogP contribution < -0.4 is 0 Å². The van der Waals surface area contributed by atoms with E-state index in [0.29, 0.717) is 0 Å². The highest BCUT2D eigenvalue weighted by atomic mass is 16.5. The number of aromatic amines is 2. The van der Waals surface area contributed by atoms with Crippen molar-refractivity contribution in [3.63, 3.8) is 0 Å². The summed E-state index contributed by atoms with van der Waals surface area (Å²) in [6.07, 6.45) is 3.40. The van der Waals surface area contributed by atoms with Crippen LogP contribution in [0, 0.1) is 0 Å². The molecule has 33 heavy (non-hydrogen) atoms. The van der Waals surface area contributed by atoms with Gasteiger partial charge in [0.2, 0.25) is 0 Å². The molecule has 7 heteroatoms. The second kappa shape index (κ2) is 8.65. The number of benzene rings is 2. The van der Waals surface area contributed by atoms with Gasteiger partial charge in [0.1, 0.15) is 5.69 Å². The third kappa shape index (κ3) is 4.03. The molecule has 2 aliphatic rings. The summed E-state index contributed by atoms with van der Waals surface area (Å²) in [6.45, 7) is 6.25. The van der Waals surface area contributed by atoms with Crippen LogP contribution in [0.1, 0.15) is 35.2 Å². The number of morpholine rings is 1. The number of H-pyrrole nitrogens is 2. The third-order valence-electron chi connectivity index (χ3n) is 6.90. The van der Waals surface area contributed by atoms with Gasteiger partial charge in [0.15, 0.2) is 0 Å². The molecule has 0 bridgehead atoms. The van der Waals surface area contributed by atoms with Gasteiger partial charge in [-0.3, -0.25) is 14.8 Å². The zero-order valence-corrected chi connectivity index (χ0v) is 18.8. The molecule has 0 saturated carbocycles. The molecule has 2 aliphatic heterocycles. The van der Waals surface area contributed by atoms with Crippen LogP contribution in [0.25, 0.3) is 33.2 Å². The van der Waals surface area contributed by atoms with Crippen LogP contribution in [0.4, 0.5) is 0 Å². The van der Waals surface area contributed by atoms with Gasteiger partial charge in [0.05, 0.1) is 24.4 Å². The van der Waals surface area contributed by atoms with Crippen LogP contribution in [0.5, 0.6) is 0 Å². The number of likely N-dealkylation sites (tertiary alicyclic amines) is 1. The van der Waals surface area contributed by atoms with E-state index < -0.39 is 0 Å². The fourth-order valence-electron chi connectivity index (χ4n) is 5.06. The minimum atomic E-state index is 0.117.